The molecule has 3 rings (SSSR count). The fraction of sp³-hybridized carbons (Fsp3) is 0.308. The summed E-state index contributed by atoms with van der Waals surface area (Å²) in [4.78, 5) is 4.41. The predicted molar refractivity (Wildman–Crippen MR) is 81.9 cm³/mol. The smallest absolute Gasteiger partial charge is 0.257 e. The maximum atomic E-state index is 5.32. The average Bonchev–Trinajstić information content (AvgIpc) is 3.19. The van der Waals surface area contributed by atoms with Gasteiger partial charge in [-0.3, -0.25) is 0 Å². The van der Waals surface area contributed by atoms with Crippen LogP contribution in [0.1, 0.15) is 12.7 Å². The van der Waals surface area contributed by atoms with E-state index >= 15 is 0 Å². The first kappa shape index (κ1) is 16.1. The van der Waals surface area contributed by atoms with E-state index in [1.807, 2.05) is 31.3 Å². The molecule has 116 valence electrons. The van der Waals surface area contributed by atoms with Gasteiger partial charge in [0.05, 0.1) is 5.69 Å². The third-order valence-electron chi connectivity index (χ3n) is 3.16. The number of hydrogen-bond donors (Lipinski definition) is 1. The first-order valence-corrected chi connectivity index (χ1v) is 6.60. The number of hydrogen-bond acceptors (Lipinski definition) is 7. The third kappa shape index (κ3) is 3.46. The summed E-state index contributed by atoms with van der Waals surface area (Å²) >= 11 is 0. The van der Waals surface area contributed by atoms with E-state index in [9.17, 15) is 0 Å². The summed E-state index contributed by atoms with van der Waals surface area (Å²) in [6.07, 6.45) is 2.25. The van der Waals surface area contributed by atoms with Crippen LogP contribution in [0.4, 0.5) is 0 Å². The number of rotatable bonds is 5. The van der Waals surface area contributed by atoms with Crippen molar-refractivity contribution < 1.29 is 4.52 Å². The summed E-state index contributed by atoms with van der Waals surface area (Å²) < 4.78 is 6.89. The Morgan fingerprint density at radius 1 is 1.36 bits per heavy atom. The molecule has 0 saturated carbocycles. The summed E-state index contributed by atoms with van der Waals surface area (Å²) in [6.45, 7) is 2.06. The average molecular weight is 322 g/mol. The fourth-order valence-electron chi connectivity index (χ4n) is 1.89. The molecular formula is C13H16ClN7O. The van der Waals surface area contributed by atoms with E-state index in [2.05, 4.69) is 37.9 Å². The third-order valence-corrected chi connectivity index (χ3v) is 3.16. The van der Waals surface area contributed by atoms with Gasteiger partial charge in [0.1, 0.15) is 6.33 Å². The molecule has 3 aromatic rings. The van der Waals surface area contributed by atoms with Gasteiger partial charge in [-0.15, -0.1) is 17.5 Å². The van der Waals surface area contributed by atoms with Crippen LogP contribution in [0.25, 0.3) is 17.1 Å². The van der Waals surface area contributed by atoms with Crippen LogP contribution >= 0.6 is 12.4 Å². The first-order chi connectivity index (χ1) is 10.3. The quantitative estimate of drug-likeness (QED) is 0.756. The Hall–Kier alpha value is -2.32. The SMILES string of the molecule is CNC(C)Cc1noc(-c2cccc(-n3cnnn3)c2)n1.Cl. The minimum atomic E-state index is 0. The molecule has 0 aliphatic rings. The molecule has 1 atom stereocenters. The van der Waals surface area contributed by atoms with E-state index in [4.69, 9.17) is 4.52 Å². The van der Waals surface area contributed by atoms with Crippen molar-refractivity contribution in [2.45, 2.75) is 19.4 Å². The highest BCUT2D eigenvalue weighted by Gasteiger charge is 2.12. The molecule has 0 fully saturated rings. The fourth-order valence-corrected chi connectivity index (χ4v) is 1.89. The number of likely N-dealkylation sites (N-methyl/N-ethyl adjacent to an activating group) is 1. The van der Waals surface area contributed by atoms with Crippen molar-refractivity contribution in [2.24, 2.45) is 0 Å². The van der Waals surface area contributed by atoms with E-state index < -0.39 is 0 Å². The Morgan fingerprint density at radius 3 is 2.95 bits per heavy atom. The zero-order valence-corrected chi connectivity index (χ0v) is 13.0. The molecule has 9 heteroatoms. The summed E-state index contributed by atoms with van der Waals surface area (Å²) in [5.74, 6) is 1.17. The van der Waals surface area contributed by atoms with Gasteiger partial charge in [0, 0.05) is 18.0 Å². The highest BCUT2D eigenvalue weighted by molar-refractivity contribution is 5.85. The number of nitrogens with zero attached hydrogens (tertiary/aromatic N) is 6. The van der Waals surface area contributed by atoms with Gasteiger partial charge >= 0.3 is 0 Å². The lowest BCUT2D eigenvalue weighted by Gasteiger charge is -2.04. The van der Waals surface area contributed by atoms with Crippen molar-refractivity contribution in [1.82, 2.24) is 35.7 Å². The van der Waals surface area contributed by atoms with Gasteiger partial charge in [-0.2, -0.15) is 4.98 Å². The standard InChI is InChI=1S/C13H15N7O.ClH/c1-9(14-2)6-12-16-13(21-17-12)10-4-3-5-11(7-10)20-8-15-18-19-20;/h3-5,7-9,14H,6H2,1-2H3;1H. The van der Waals surface area contributed by atoms with Crippen molar-refractivity contribution in [3.63, 3.8) is 0 Å². The molecule has 0 amide bonds. The maximum absolute atomic E-state index is 5.32. The molecule has 0 aliphatic carbocycles. The van der Waals surface area contributed by atoms with Gasteiger partial charge in [0.2, 0.25) is 0 Å². The Morgan fingerprint density at radius 2 is 2.23 bits per heavy atom. The van der Waals surface area contributed by atoms with Crippen LogP contribution in [-0.2, 0) is 6.42 Å². The number of aromatic nitrogens is 6. The molecule has 0 aliphatic heterocycles. The van der Waals surface area contributed by atoms with Crippen LogP contribution < -0.4 is 5.32 Å². The summed E-state index contributed by atoms with van der Waals surface area (Å²) in [6, 6.07) is 7.90. The van der Waals surface area contributed by atoms with Gasteiger partial charge in [0.15, 0.2) is 5.82 Å². The lowest BCUT2D eigenvalue weighted by Crippen LogP contribution is -2.24. The van der Waals surface area contributed by atoms with Gasteiger partial charge in [-0.25, -0.2) is 4.68 Å². The van der Waals surface area contributed by atoms with E-state index in [1.54, 1.807) is 4.68 Å². The molecule has 2 aromatic heterocycles. The molecule has 2 heterocycles. The summed E-state index contributed by atoms with van der Waals surface area (Å²) in [5, 5.41) is 18.2. The normalized spacial score (nSPS) is 11.9. The number of benzene rings is 1. The van der Waals surface area contributed by atoms with Gasteiger partial charge in [-0.1, -0.05) is 11.2 Å². The van der Waals surface area contributed by atoms with Gasteiger partial charge in [-0.05, 0) is 42.6 Å². The van der Waals surface area contributed by atoms with Crippen LogP contribution in [0.5, 0.6) is 0 Å². The first-order valence-electron chi connectivity index (χ1n) is 6.60. The van der Waals surface area contributed by atoms with E-state index in [0.29, 0.717) is 24.2 Å². The van der Waals surface area contributed by atoms with Crippen LogP contribution in [0, 0.1) is 0 Å². The Bertz CT molecular complexity index is 713. The molecule has 0 bridgehead atoms. The van der Waals surface area contributed by atoms with Crippen LogP contribution in [0.15, 0.2) is 35.1 Å². The highest BCUT2D eigenvalue weighted by Crippen LogP contribution is 2.20. The second-order valence-electron chi connectivity index (χ2n) is 4.71. The highest BCUT2D eigenvalue weighted by atomic mass is 35.5. The molecule has 0 radical (unpaired) electrons. The van der Waals surface area contributed by atoms with Crippen molar-refractivity contribution in [3.05, 3.63) is 36.4 Å². The van der Waals surface area contributed by atoms with Crippen molar-refractivity contribution in [2.75, 3.05) is 7.05 Å². The second-order valence-corrected chi connectivity index (χ2v) is 4.71. The minimum Gasteiger partial charge on any atom is -0.334 e. The summed E-state index contributed by atoms with van der Waals surface area (Å²) in [7, 11) is 1.90. The van der Waals surface area contributed by atoms with Crippen LogP contribution in [0.2, 0.25) is 0 Å². The molecule has 0 saturated heterocycles. The zero-order chi connectivity index (χ0) is 14.7. The summed E-state index contributed by atoms with van der Waals surface area (Å²) in [5.41, 5.74) is 1.67. The monoisotopic (exact) mass is 321 g/mol. The molecule has 1 aromatic carbocycles. The van der Waals surface area contributed by atoms with E-state index in [0.717, 1.165) is 11.3 Å². The predicted octanol–water partition coefficient (Wildman–Crippen LogP) is 1.28. The molecular weight excluding hydrogens is 306 g/mol. The number of tetrazole rings is 1. The molecule has 0 spiro atoms. The van der Waals surface area contributed by atoms with E-state index in [-0.39, 0.29) is 12.4 Å². The Labute approximate surface area is 133 Å². The minimum absolute atomic E-state index is 0. The number of nitrogens with one attached hydrogen (secondary N) is 1. The lowest BCUT2D eigenvalue weighted by molar-refractivity contribution is 0.418. The molecule has 1 N–H and O–H groups in total. The van der Waals surface area contributed by atoms with Crippen molar-refractivity contribution in [1.29, 1.82) is 0 Å². The van der Waals surface area contributed by atoms with Crippen molar-refractivity contribution >= 4 is 12.4 Å². The Balaban J connectivity index is 0.00000176. The second kappa shape index (κ2) is 7.10. The maximum Gasteiger partial charge on any atom is 0.257 e. The molecule has 22 heavy (non-hydrogen) atoms. The lowest BCUT2D eigenvalue weighted by atomic mass is 10.2. The largest absolute Gasteiger partial charge is 0.334 e. The van der Waals surface area contributed by atoms with Crippen molar-refractivity contribution in [3.8, 4) is 17.1 Å². The molecule has 8 nitrogen and oxygen atoms in total. The van der Waals surface area contributed by atoms with Gasteiger partial charge < -0.3 is 9.84 Å². The van der Waals surface area contributed by atoms with Crippen LogP contribution in [0.3, 0.4) is 0 Å². The number of halogens is 1. The van der Waals surface area contributed by atoms with E-state index in [1.165, 1.54) is 6.33 Å². The molecule has 1 unspecified atom stereocenters. The zero-order valence-electron chi connectivity index (χ0n) is 12.2. The van der Waals surface area contributed by atoms with Crippen LogP contribution in [-0.4, -0.2) is 43.4 Å². The van der Waals surface area contributed by atoms with Gasteiger partial charge in [0.25, 0.3) is 5.89 Å². The Kier molecular flexibility index (Phi) is 5.18. The topological polar surface area (TPSA) is 94.6 Å².